The summed E-state index contributed by atoms with van der Waals surface area (Å²) in [7, 11) is 1.17. The predicted molar refractivity (Wildman–Crippen MR) is 116 cm³/mol. The van der Waals surface area contributed by atoms with Crippen molar-refractivity contribution in [1.82, 2.24) is 15.3 Å². The number of nitrogens with one attached hydrogen (secondary N) is 2. The van der Waals surface area contributed by atoms with Crippen molar-refractivity contribution in [2.75, 3.05) is 43.1 Å². The van der Waals surface area contributed by atoms with Crippen LogP contribution < -0.4 is 15.8 Å². The molecule has 2 N–H and O–H groups in total. The molecule has 0 atom stereocenters. The fourth-order valence-corrected chi connectivity index (χ4v) is 4.27. The smallest absolute Gasteiger partial charge is 0.290 e. The summed E-state index contributed by atoms with van der Waals surface area (Å²) in [6.07, 6.45) is 6.07. The van der Waals surface area contributed by atoms with Gasteiger partial charge in [0.2, 0.25) is 0 Å². The number of benzene rings is 1. The number of rotatable bonds is 6. The Balaban J connectivity index is 0.000000200. The first kappa shape index (κ1) is 21.6. The van der Waals surface area contributed by atoms with Gasteiger partial charge in [-0.15, -0.1) is 0 Å². The van der Waals surface area contributed by atoms with Gasteiger partial charge < -0.3 is 15.2 Å². The second-order valence-electron chi connectivity index (χ2n) is 7.41. The first-order valence-electron chi connectivity index (χ1n) is 10.2. The van der Waals surface area contributed by atoms with E-state index in [4.69, 9.17) is 0 Å². The van der Waals surface area contributed by atoms with Gasteiger partial charge in [-0.1, -0.05) is 12.1 Å². The maximum absolute atomic E-state index is 12.4. The molecule has 6 nitrogen and oxygen atoms in total. The van der Waals surface area contributed by atoms with Crippen LogP contribution in [0.2, 0.25) is 0 Å². The molecular weight excluding hydrogens is 391 g/mol. The van der Waals surface area contributed by atoms with E-state index in [2.05, 4.69) is 15.3 Å². The number of aryl methyl sites for hydroxylation is 1. The summed E-state index contributed by atoms with van der Waals surface area (Å²) in [6, 6.07) is 6.83. The zero-order valence-corrected chi connectivity index (χ0v) is 17.6. The summed E-state index contributed by atoms with van der Waals surface area (Å²) in [5.74, 6) is 2.31. The number of anilines is 1. The minimum Gasteiger partial charge on any atom is -0.350 e. The molecule has 1 saturated heterocycles. The van der Waals surface area contributed by atoms with E-state index in [1.807, 2.05) is 24.1 Å². The average Bonchev–Trinajstić information content (AvgIpc) is 3.57. The summed E-state index contributed by atoms with van der Waals surface area (Å²) < 4.78 is 23.7. The molecule has 158 valence electrons. The lowest BCUT2D eigenvalue weighted by Crippen LogP contribution is -2.41. The van der Waals surface area contributed by atoms with Crippen molar-refractivity contribution in [3.63, 3.8) is 0 Å². The van der Waals surface area contributed by atoms with E-state index in [-0.39, 0.29) is 11.4 Å². The molecule has 4 rings (SSSR count). The summed E-state index contributed by atoms with van der Waals surface area (Å²) in [5, 5.41) is 3.09. The molecule has 2 aromatic rings. The highest BCUT2D eigenvalue weighted by Crippen LogP contribution is 2.39. The van der Waals surface area contributed by atoms with E-state index in [1.165, 1.54) is 30.5 Å². The van der Waals surface area contributed by atoms with Gasteiger partial charge in [0.05, 0.1) is 5.69 Å². The van der Waals surface area contributed by atoms with Crippen molar-refractivity contribution in [3.05, 3.63) is 57.9 Å². The number of H-pyrrole nitrogens is 1. The second-order valence-corrected chi connectivity index (χ2v) is 9.11. The second kappa shape index (κ2) is 10.6. The largest absolute Gasteiger partial charge is 0.350 e. The number of hydrogen-bond acceptors (Lipinski definition) is 5. The van der Waals surface area contributed by atoms with E-state index in [0.29, 0.717) is 30.4 Å². The van der Waals surface area contributed by atoms with Gasteiger partial charge in [0.1, 0.15) is 5.82 Å². The monoisotopic (exact) mass is 420 g/mol. The molecule has 0 bridgehead atoms. The lowest BCUT2D eigenvalue weighted by Gasteiger charge is -2.26. The van der Waals surface area contributed by atoms with Crippen LogP contribution in [0.3, 0.4) is 0 Å². The van der Waals surface area contributed by atoms with Crippen molar-refractivity contribution in [2.45, 2.75) is 31.6 Å². The third-order valence-corrected chi connectivity index (χ3v) is 6.35. The molecule has 0 spiro atoms. The number of aromatic amines is 1. The van der Waals surface area contributed by atoms with Crippen molar-refractivity contribution in [3.8, 4) is 0 Å². The van der Waals surface area contributed by atoms with Gasteiger partial charge >= 0.3 is 0 Å². The van der Waals surface area contributed by atoms with Crippen molar-refractivity contribution >= 4 is 16.6 Å². The lowest BCUT2D eigenvalue weighted by molar-refractivity contribution is 0.627. The fourth-order valence-electron chi connectivity index (χ4n) is 3.22. The van der Waals surface area contributed by atoms with Crippen LogP contribution in [0.1, 0.15) is 36.4 Å². The van der Waals surface area contributed by atoms with E-state index in [1.54, 1.807) is 6.20 Å². The van der Waals surface area contributed by atoms with Crippen LogP contribution in [0.4, 0.5) is 10.2 Å². The van der Waals surface area contributed by atoms with E-state index < -0.39 is 10.8 Å². The third-order valence-electron chi connectivity index (χ3n) is 5.08. The molecule has 8 heteroatoms. The molecule has 1 aromatic carbocycles. The summed E-state index contributed by atoms with van der Waals surface area (Å²) >= 11 is 0. The summed E-state index contributed by atoms with van der Waals surface area (Å²) in [4.78, 5) is 21.0. The van der Waals surface area contributed by atoms with Gasteiger partial charge in [0, 0.05) is 41.6 Å². The Hall–Kier alpha value is -2.06. The average molecular weight is 421 g/mol. The van der Waals surface area contributed by atoms with Crippen LogP contribution in [0.25, 0.3) is 0 Å². The lowest BCUT2D eigenvalue weighted by atomic mass is 10.1. The Morgan fingerprint density at radius 2 is 1.93 bits per heavy atom. The fraction of sp³-hybridized carbons (Fsp3) is 0.524. The van der Waals surface area contributed by atoms with Crippen molar-refractivity contribution < 1.29 is 8.60 Å². The van der Waals surface area contributed by atoms with Crippen molar-refractivity contribution in [2.24, 2.45) is 0 Å². The number of hydrogen-bond donors (Lipinski definition) is 2. The van der Waals surface area contributed by atoms with Crippen LogP contribution in [-0.2, 0) is 17.2 Å². The van der Waals surface area contributed by atoms with Crippen LogP contribution in [0, 0.1) is 5.82 Å². The van der Waals surface area contributed by atoms with Gasteiger partial charge in [-0.3, -0.25) is 9.00 Å². The first-order chi connectivity index (χ1) is 14.1. The van der Waals surface area contributed by atoms with Gasteiger partial charge in [-0.25, -0.2) is 9.37 Å². The normalized spacial score (nSPS) is 17.0. The van der Waals surface area contributed by atoms with Gasteiger partial charge in [-0.2, -0.15) is 0 Å². The highest BCUT2D eigenvalue weighted by Gasteiger charge is 2.22. The van der Waals surface area contributed by atoms with Crippen molar-refractivity contribution in [1.29, 1.82) is 0 Å². The molecule has 1 aromatic heterocycles. The Morgan fingerprint density at radius 1 is 1.24 bits per heavy atom. The SMILES string of the molecule is CNCCCc1c[nH]c(=O)c(N2CCS(=O)CC2)n1.Fc1ccc(C2CC2)cc1. The Kier molecular flexibility index (Phi) is 7.94. The van der Waals surface area contributed by atoms with Gasteiger partial charge in [-0.05, 0) is 62.9 Å². The zero-order chi connectivity index (χ0) is 20.6. The molecule has 0 radical (unpaired) electrons. The van der Waals surface area contributed by atoms with E-state index in [9.17, 15) is 13.4 Å². The minimum atomic E-state index is -0.743. The number of nitrogens with zero attached hydrogens (tertiary/aromatic N) is 2. The third kappa shape index (κ3) is 6.75. The van der Waals surface area contributed by atoms with Crippen LogP contribution in [0.5, 0.6) is 0 Å². The zero-order valence-electron chi connectivity index (χ0n) is 16.8. The first-order valence-corrected chi connectivity index (χ1v) is 11.6. The maximum atomic E-state index is 12.4. The Morgan fingerprint density at radius 3 is 2.55 bits per heavy atom. The highest BCUT2D eigenvalue weighted by atomic mass is 32.2. The standard InChI is InChI=1S/C12H20N4O2S.C9H9F/c1-13-4-2-3-10-9-14-12(17)11(15-10)16-5-7-19(18)8-6-16;10-9-5-3-8(4-6-9)7-1-2-7/h9,13H,2-8H2,1H3,(H,14,17);3-7H,1-2H2. The van der Waals surface area contributed by atoms with E-state index >= 15 is 0 Å². The molecule has 0 unspecified atom stereocenters. The topological polar surface area (TPSA) is 78.1 Å². The van der Waals surface area contributed by atoms with Crippen LogP contribution in [0.15, 0.2) is 35.3 Å². The molecule has 2 heterocycles. The molecule has 2 fully saturated rings. The predicted octanol–water partition coefficient (Wildman–Crippen LogP) is 2.19. The molecular formula is C21H29FN4O2S. The molecule has 29 heavy (non-hydrogen) atoms. The number of aromatic nitrogens is 2. The van der Waals surface area contributed by atoms with Crippen LogP contribution in [-0.4, -0.2) is 52.4 Å². The highest BCUT2D eigenvalue weighted by molar-refractivity contribution is 7.85. The Bertz CT molecular complexity index is 858. The molecule has 0 amide bonds. The van der Waals surface area contributed by atoms with Crippen LogP contribution >= 0.6 is 0 Å². The summed E-state index contributed by atoms with van der Waals surface area (Å²) in [6.45, 7) is 2.21. The minimum absolute atomic E-state index is 0.135. The summed E-state index contributed by atoms with van der Waals surface area (Å²) in [5.41, 5.74) is 2.03. The molecule has 1 aliphatic heterocycles. The molecule has 1 saturated carbocycles. The molecule has 1 aliphatic carbocycles. The maximum Gasteiger partial charge on any atom is 0.290 e. The molecule has 2 aliphatic rings. The van der Waals surface area contributed by atoms with E-state index in [0.717, 1.165) is 31.0 Å². The number of halogens is 1. The Labute approximate surface area is 173 Å². The van der Waals surface area contributed by atoms with Gasteiger partial charge in [0.25, 0.3) is 5.56 Å². The van der Waals surface area contributed by atoms with Gasteiger partial charge in [0.15, 0.2) is 5.82 Å². The quantitative estimate of drug-likeness (QED) is 0.701.